The van der Waals surface area contributed by atoms with Crippen LogP contribution in [-0.4, -0.2) is 18.1 Å². The molecule has 4 nitrogen and oxygen atoms in total. The molecule has 4 rings (SSSR count). The Morgan fingerprint density at radius 1 is 0.933 bits per heavy atom. The number of esters is 1. The maximum Gasteiger partial charge on any atom is 0.337 e. The molecule has 0 unspecified atom stereocenters. The summed E-state index contributed by atoms with van der Waals surface area (Å²) in [6, 6.07) is 22.0. The van der Waals surface area contributed by atoms with E-state index in [1.165, 1.54) is 24.7 Å². The molecular weight excluding hydrogens is 374 g/mol. The molecule has 0 spiro atoms. The molecule has 0 saturated heterocycles. The number of pyridine rings is 1. The number of aromatic nitrogens is 1. The maximum absolute atomic E-state index is 11.7. The third kappa shape index (κ3) is 4.54. The first-order chi connectivity index (χ1) is 14.7. The van der Waals surface area contributed by atoms with Gasteiger partial charge in [0.05, 0.1) is 18.4 Å². The van der Waals surface area contributed by atoms with Crippen LogP contribution >= 0.6 is 0 Å². The first kappa shape index (κ1) is 21.6. The second-order valence-electron chi connectivity index (χ2n) is 7.14. The van der Waals surface area contributed by atoms with E-state index >= 15 is 0 Å². The SMILES string of the molecule is CC.COC(=O)c1ccc(C2(c3ccc(OCc4ccccn4)cc3)CCC2)cc1. The second kappa shape index (κ2) is 10.1. The van der Waals surface area contributed by atoms with Crippen molar-refractivity contribution in [3.8, 4) is 5.75 Å². The van der Waals surface area contributed by atoms with Crippen molar-refractivity contribution in [1.82, 2.24) is 4.98 Å². The molecule has 1 aromatic heterocycles. The number of nitrogens with zero attached hydrogens (tertiary/aromatic N) is 1. The largest absolute Gasteiger partial charge is 0.487 e. The van der Waals surface area contributed by atoms with Gasteiger partial charge in [-0.1, -0.05) is 50.6 Å². The molecule has 1 saturated carbocycles. The zero-order valence-corrected chi connectivity index (χ0v) is 17.9. The highest BCUT2D eigenvalue weighted by atomic mass is 16.5. The summed E-state index contributed by atoms with van der Waals surface area (Å²) in [7, 11) is 1.40. The van der Waals surface area contributed by atoms with Crippen LogP contribution in [0.4, 0.5) is 0 Å². The second-order valence-corrected chi connectivity index (χ2v) is 7.14. The van der Waals surface area contributed by atoms with Crippen molar-refractivity contribution in [3.63, 3.8) is 0 Å². The lowest BCUT2D eigenvalue weighted by Crippen LogP contribution is -2.35. The monoisotopic (exact) mass is 403 g/mol. The minimum Gasteiger partial charge on any atom is -0.487 e. The fourth-order valence-corrected chi connectivity index (χ4v) is 3.83. The average Bonchev–Trinajstić information content (AvgIpc) is 2.80. The van der Waals surface area contributed by atoms with Crippen molar-refractivity contribution >= 4 is 5.97 Å². The first-order valence-corrected chi connectivity index (χ1v) is 10.5. The van der Waals surface area contributed by atoms with Crippen LogP contribution < -0.4 is 4.74 Å². The van der Waals surface area contributed by atoms with E-state index in [0.29, 0.717) is 12.2 Å². The topological polar surface area (TPSA) is 48.4 Å². The normalized spacial score (nSPS) is 14.0. The summed E-state index contributed by atoms with van der Waals surface area (Å²) >= 11 is 0. The predicted molar refractivity (Wildman–Crippen MR) is 119 cm³/mol. The lowest BCUT2D eigenvalue weighted by Gasteiger charge is -2.43. The highest BCUT2D eigenvalue weighted by Crippen LogP contribution is 2.49. The highest BCUT2D eigenvalue weighted by Gasteiger charge is 2.40. The van der Waals surface area contributed by atoms with Gasteiger partial charge in [0.2, 0.25) is 0 Å². The third-order valence-corrected chi connectivity index (χ3v) is 5.59. The van der Waals surface area contributed by atoms with Gasteiger partial charge in [0.25, 0.3) is 0 Å². The molecule has 156 valence electrons. The Balaban J connectivity index is 0.00000124. The fourth-order valence-electron chi connectivity index (χ4n) is 3.83. The lowest BCUT2D eigenvalue weighted by atomic mass is 9.60. The van der Waals surface area contributed by atoms with Gasteiger partial charge in [-0.15, -0.1) is 0 Å². The standard InChI is InChI=1S/C24H23NO3.C2H6/c1-27-23(26)18-6-8-19(9-7-18)24(14-4-15-24)20-10-12-22(13-11-20)28-17-21-5-2-3-16-25-21;1-2/h2-3,5-13,16H,4,14-15,17H2,1H3;1-2H3. The van der Waals surface area contributed by atoms with Crippen LogP contribution in [0.5, 0.6) is 5.75 Å². The van der Waals surface area contributed by atoms with Gasteiger partial charge in [-0.2, -0.15) is 0 Å². The van der Waals surface area contributed by atoms with E-state index in [1.54, 1.807) is 6.20 Å². The fraction of sp³-hybridized carbons (Fsp3) is 0.308. The number of ether oxygens (including phenoxy) is 2. The smallest absolute Gasteiger partial charge is 0.337 e. The number of benzene rings is 2. The van der Waals surface area contributed by atoms with E-state index in [9.17, 15) is 4.79 Å². The zero-order chi connectivity index (χ0) is 21.4. The van der Waals surface area contributed by atoms with E-state index < -0.39 is 0 Å². The van der Waals surface area contributed by atoms with E-state index in [4.69, 9.17) is 9.47 Å². The van der Waals surface area contributed by atoms with Gasteiger partial charge in [-0.25, -0.2) is 4.79 Å². The molecule has 1 heterocycles. The molecule has 0 radical (unpaired) electrons. The number of hydrogen-bond acceptors (Lipinski definition) is 4. The van der Waals surface area contributed by atoms with E-state index in [0.717, 1.165) is 24.3 Å². The van der Waals surface area contributed by atoms with E-state index in [-0.39, 0.29) is 11.4 Å². The summed E-state index contributed by atoms with van der Waals surface area (Å²) in [5.41, 5.74) is 4.05. The van der Waals surface area contributed by atoms with Gasteiger partial charge >= 0.3 is 5.97 Å². The summed E-state index contributed by atoms with van der Waals surface area (Å²) in [6.07, 6.45) is 5.20. The van der Waals surface area contributed by atoms with Crippen molar-refractivity contribution in [1.29, 1.82) is 0 Å². The zero-order valence-electron chi connectivity index (χ0n) is 17.9. The number of hydrogen-bond donors (Lipinski definition) is 0. The van der Waals surface area contributed by atoms with Crippen molar-refractivity contribution < 1.29 is 14.3 Å². The van der Waals surface area contributed by atoms with Crippen LogP contribution in [0.15, 0.2) is 72.9 Å². The Bertz CT molecular complexity index is 930. The van der Waals surface area contributed by atoms with Gasteiger partial charge in [0, 0.05) is 11.6 Å². The minimum absolute atomic E-state index is 0.0220. The van der Waals surface area contributed by atoms with Crippen molar-refractivity contribution in [2.24, 2.45) is 0 Å². The third-order valence-electron chi connectivity index (χ3n) is 5.59. The van der Waals surface area contributed by atoms with E-state index in [1.807, 2.05) is 56.3 Å². The Hall–Kier alpha value is -3.14. The van der Waals surface area contributed by atoms with Crippen molar-refractivity contribution in [2.45, 2.75) is 45.1 Å². The number of rotatable bonds is 6. The van der Waals surface area contributed by atoms with Crippen molar-refractivity contribution in [3.05, 3.63) is 95.3 Å². The Kier molecular flexibility index (Phi) is 7.23. The van der Waals surface area contributed by atoms with Gasteiger partial charge < -0.3 is 9.47 Å². The molecule has 4 heteroatoms. The molecule has 0 bridgehead atoms. The predicted octanol–water partition coefficient (Wildman–Crippen LogP) is 5.94. The minimum atomic E-state index is -0.302. The lowest BCUT2D eigenvalue weighted by molar-refractivity contribution is 0.0600. The summed E-state index contributed by atoms with van der Waals surface area (Å²) in [5.74, 6) is 0.536. The molecule has 0 aliphatic heterocycles. The van der Waals surface area contributed by atoms with Gasteiger partial charge in [-0.05, 0) is 60.4 Å². The molecule has 3 aromatic rings. The van der Waals surface area contributed by atoms with Crippen molar-refractivity contribution in [2.75, 3.05) is 7.11 Å². The molecular formula is C26H29NO3. The first-order valence-electron chi connectivity index (χ1n) is 10.5. The van der Waals surface area contributed by atoms with Gasteiger partial charge in [-0.3, -0.25) is 4.98 Å². The van der Waals surface area contributed by atoms with Crippen LogP contribution in [0.3, 0.4) is 0 Å². The average molecular weight is 404 g/mol. The Labute approximate surface area is 178 Å². The van der Waals surface area contributed by atoms with Gasteiger partial charge in [0.15, 0.2) is 0 Å². The quantitative estimate of drug-likeness (QED) is 0.478. The summed E-state index contributed by atoms with van der Waals surface area (Å²) in [5, 5.41) is 0. The molecule has 2 aromatic carbocycles. The molecule has 0 amide bonds. The molecule has 1 fully saturated rings. The molecule has 1 aliphatic carbocycles. The number of methoxy groups -OCH3 is 1. The maximum atomic E-state index is 11.7. The Morgan fingerprint density at radius 2 is 1.57 bits per heavy atom. The van der Waals surface area contributed by atoms with Crippen LogP contribution in [-0.2, 0) is 16.8 Å². The molecule has 0 N–H and O–H groups in total. The summed E-state index contributed by atoms with van der Waals surface area (Å²) in [4.78, 5) is 16.0. The van der Waals surface area contributed by atoms with Crippen LogP contribution in [0.2, 0.25) is 0 Å². The highest BCUT2D eigenvalue weighted by molar-refractivity contribution is 5.89. The van der Waals surface area contributed by atoms with Crippen LogP contribution in [0, 0.1) is 0 Å². The van der Waals surface area contributed by atoms with Crippen LogP contribution in [0.25, 0.3) is 0 Å². The van der Waals surface area contributed by atoms with E-state index in [2.05, 4.69) is 29.2 Å². The van der Waals surface area contributed by atoms with Crippen LogP contribution in [0.1, 0.15) is 60.3 Å². The molecule has 30 heavy (non-hydrogen) atoms. The molecule has 1 aliphatic rings. The number of carbonyl (C=O) groups excluding carboxylic acids is 1. The number of carbonyl (C=O) groups is 1. The Morgan fingerprint density at radius 3 is 2.07 bits per heavy atom. The van der Waals surface area contributed by atoms with Gasteiger partial charge in [0.1, 0.15) is 12.4 Å². The summed E-state index contributed by atoms with van der Waals surface area (Å²) in [6.45, 7) is 4.46. The summed E-state index contributed by atoms with van der Waals surface area (Å²) < 4.78 is 10.7. The molecule has 0 atom stereocenters.